The standard InChI is InChI=1S/C19H15Cl2NO5/c1-24-15-9-17(26-3)16(25-2)8-11(15)7-14-19(23)27-18(22-14)10-4-5-12(20)13(21)6-10/h4-9H,1-3H3/b14-7-. The van der Waals surface area contributed by atoms with E-state index in [1.54, 1.807) is 36.4 Å². The predicted molar refractivity (Wildman–Crippen MR) is 103 cm³/mol. The Kier molecular flexibility index (Phi) is 5.58. The van der Waals surface area contributed by atoms with Gasteiger partial charge in [-0.2, -0.15) is 0 Å². The van der Waals surface area contributed by atoms with E-state index in [-0.39, 0.29) is 11.6 Å². The summed E-state index contributed by atoms with van der Waals surface area (Å²) in [4.78, 5) is 16.5. The number of cyclic esters (lactones) is 1. The predicted octanol–water partition coefficient (Wildman–Crippen LogP) is 4.36. The van der Waals surface area contributed by atoms with E-state index in [4.69, 9.17) is 42.1 Å². The molecular weight excluding hydrogens is 393 g/mol. The van der Waals surface area contributed by atoms with Crippen LogP contribution in [0.4, 0.5) is 0 Å². The highest BCUT2D eigenvalue weighted by Gasteiger charge is 2.25. The highest BCUT2D eigenvalue weighted by atomic mass is 35.5. The first kappa shape index (κ1) is 19.1. The van der Waals surface area contributed by atoms with Gasteiger partial charge in [-0.1, -0.05) is 23.2 Å². The number of aliphatic imine (C=N–C) groups is 1. The molecule has 0 saturated carbocycles. The maximum absolute atomic E-state index is 12.2. The SMILES string of the molecule is COc1cc(OC)c(OC)cc1/C=C1\N=C(c2ccc(Cl)c(Cl)c2)OC1=O. The Morgan fingerprint density at radius 2 is 1.59 bits per heavy atom. The first-order chi connectivity index (χ1) is 13.0. The van der Waals surface area contributed by atoms with Crippen molar-refractivity contribution in [1.82, 2.24) is 0 Å². The van der Waals surface area contributed by atoms with E-state index >= 15 is 0 Å². The van der Waals surface area contributed by atoms with Crippen LogP contribution in [0.3, 0.4) is 0 Å². The molecule has 0 fully saturated rings. The molecule has 1 aliphatic heterocycles. The minimum absolute atomic E-state index is 0.113. The van der Waals surface area contributed by atoms with Gasteiger partial charge < -0.3 is 18.9 Å². The van der Waals surface area contributed by atoms with Crippen molar-refractivity contribution >= 4 is 41.1 Å². The van der Waals surface area contributed by atoms with Crippen LogP contribution in [0.2, 0.25) is 10.0 Å². The van der Waals surface area contributed by atoms with E-state index in [0.717, 1.165) is 0 Å². The summed E-state index contributed by atoms with van der Waals surface area (Å²) in [5, 5.41) is 0.739. The second kappa shape index (κ2) is 7.90. The number of carbonyl (C=O) groups excluding carboxylic acids is 1. The Labute approximate surface area is 165 Å². The maximum atomic E-state index is 12.2. The fraction of sp³-hybridized carbons (Fsp3) is 0.158. The number of hydrogen-bond acceptors (Lipinski definition) is 6. The molecule has 0 atom stereocenters. The molecular formula is C19H15Cl2NO5. The largest absolute Gasteiger partial charge is 0.496 e. The summed E-state index contributed by atoms with van der Waals surface area (Å²) in [6.45, 7) is 0. The van der Waals surface area contributed by atoms with Crippen molar-refractivity contribution in [3.05, 3.63) is 57.2 Å². The van der Waals surface area contributed by atoms with Crippen molar-refractivity contribution in [2.75, 3.05) is 21.3 Å². The van der Waals surface area contributed by atoms with Crippen LogP contribution in [0.1, 0.15) is 11.1 Å². The molecule has 2 aromatic carbocycles. The fourth-order valence-electron chi connectivity index (χ4n) is 2.47. The van der Waals surface area contributed by atoms with Crippen LogP contribution >= 0.6 is 23.2 Å². The molecule has 3 rings (SSSR count). The molecule has 0 bridgehead atoms. The van der Waals surface area contributed by atoms with Gasteiger partial charge in [-0.15, -0.1) is 0 Å². The summed E-state index contributed by atoms with van der Waals surface area (Å²) in [7, 11) is 4.56. The Balaban J connectivity index is 2.02. The van der Waals surface area contributed by atoms with Crippen LogP contribution in [0.15, 0.2) is 41.0 Å². The van der Waals surface area contributed by atoms with Crippen LogP contribution < -0.4 is 14.2 Å². The smallest absolute Gasteiger partial charge is 0.363 e. The molecule has 27 heavy (non-hydrogen) atoms. The molecule has 0 radical (unpaired) electrons. The number of rotatable bonds is 5. The molecule has 0 aliphatic carbocycles. The van der Waals surface area contributed by atoms with E-state index in [0.29, 0.717) is 38.4 Å². The van der Waals surface area contributed by atoms with Gasteiger partial charge in [-0.05, 0) is 30.3 Å². The zero-order valence-corrected chi connectivity index (χ0v) is 16.2. The fourth-order valence-corrected chi connectivity index (χ4v) is 2.77. The summed E-state index contributed by atoms with van der Waals surface area (Å²) >= 11 is 11.9. The van der Waals surface area contributed by atoms with Crippen LogP contribution in [0, 0.1) is 0 Å². The first-order valence-corrected chi connectivity index (χ1v) is 8.50. The second-order valence-electron chi connectivity index (χ2n) is 5.41. The van der Waals surface area contributed by atoms with Crippen LogP contribution in [0.25, 0.3) is 6.08 Å². The van der Waals surface area contributed by atoms with Gasteiger partial charge in [0.2, 0.25) is 5.90 Å². The average Bonchev–Trinajstić information content (AvgIpc) is 3.04. The van der Waals surface area contributed by atoms with Gasteiger partial charge in [0.25, 0.3) is 0 Å². The average molecular weight is 408 g/mol. The number of methoxy groups -OCH3 is 3. The molecule has 0 saturated heterocycles. The second-order valence-corrected chi connectivity index (χ2v) is 6.23. The molecule has 0 unspecified atom stereocenters. The van der Waals surface area contributed by atoms with Gasteiger partial charge in [0.05, 0.1) is 31.4 Å². The lowest BCUT2D eigenvalue weighted by Crippen LogP contribution is -2.05. The molecule has 0 N–H and O–H groups in total. The number of hydrogen-bond donors (Lipinski definition) is 0. The van der Waals surface area contributed by atoms with E-state index in [9.17, 15) is 4.79 Å². The van der Waals surface area contributed by atoms with Gasteiger partial charge >= 0.3 is 5.97 Å². The molecule has 0 spiro atoms. The number of benzene rings is 2. The number of carbonyl (C=O) groups is 1. The van der Waals surface area contributed by atoms with E-state index in [1.165, 1.54) is 21.3 Å². The molecule has 8 heteroatoms. The van der Waals surface area contributed by atoms with Gasteiger partial charge in [-0.3, -0.25) is 0 Å². The molecule has 0 aromatic heterocycles. The van der Waals surface area contributed by atoms with Crippen LogP contribution in [-0.4, -0.2) is 33.2 Å². The van der Waals surface area contributed by atoms with Gasteiger partial charge in [-0.25, -0.2) is 9.79 Å². The Morgan fingerprint density at radius 1 is 0.926 bits per heavy atom. The zero-order chi connectivity index (χ0) is 19.6. The van der Waals surface area contributed by atoms with Crippen molar-refractivity contribution in [2.45, 2.75) is 0 Å². The minimum Gasteiger partial charge on any atom is -0.496 e. The number of halogens is 2. The molecule has 1 aliphatic rings. The molecule has 6 nitrogen and oxygen atoms in total. The van der Waals surface area contributed by atoms with Crippen molar-refractivity contribution in [3.63, 3.8) is 0 Å². The summed E-state index contributed by atoms with van der Waals surface area (Å²) < 4.78 is 21.2. The molecule has 1 heterocycles. The normalized spacial score (nSPS) is 14.8. The van der Waals surface area contributed by atoms with Gasteiger partial charge in [0.1, 0.15) is 5.75 Å². The minimum atomic E-state index is -0.590. The zero-order valence-electron chi connectivity index (χ0n) is 14.7. The van der Waals surface area contributed by atoms with Crippen molar-refractivity contribution < 1.29 is 23.7 Å². The first-order valence-electron chi connectivity index (χ1n) is 7.74. The Bertz CT molecular complexity index is 969. The monoisotopic (exact) mass is 407 g/mol. The Hall–Kier alpha value is -2.70. The lowest BCUT2D eigenvalue weighted by Gasteiger charge is -2.12. The number of ether oxygens (including phenoxy) is 4. The van der Waals surface area contributed by atoms with E-state index in [2.05, 4.69) is 4.99 Å². The quantitative estimate of drug-likeness (QED) is 0.543. The third-order valence-electron chi connectivity index (χ3n) is 3.82. The summed E-state index contributed by atoms with van der Waals surface area (Å²) in [5.74, 6) is 1.04. The van der Waals surface area contributed by atoms with Gasteiger partial charge in [0.15, 0.2) is 17.2 Å². The van der Waals surface area contributed by atoms with Crippen molar-refractivity contribution in [2.24, 2.45) is 4.99 Å². The van der Waals surface area contributed by atoms with Crippen LogP contribution in [0.5, 0.6) is 17.2 Å². The lowest BCUT2D eigenvalue weighted by molar-refractivity contribution is -0.129. The molecule has 140 valence electrons. The summed E-state index contributed by atoms with van der Waals surface area (Å²) in [6.07, 6.45) is 1.55. The number of esters is 1. The highest BCUT2D eigenvalue weighted by Crippen LogP contribution is 2.36. The topological polar surface area (TPSA) is 66.3 Å². The molecule has 2 aromatic rings. The lowest BCUT2D eigenvalue weighted by atomic mass is 10.1. The van der Waals surface area contributed by atoms with Gasteiger partial charge in [0, 0.05) is 17.2 Å². The van der Waals surface area contributed by atoms with Crippen molar-refractivity contribution in [3.8, 4) is 17.2 Å². The highest BCUT2D eigenvalue weighted by molar-refractivity contribution is 6.42. The Morgan fingerprint density at radius 3 is 2.22 bits per heavy atom. The summed E-state index contributed by atoms with van der Waals surface area (Å²) in [6, 6.07) is 8.20. The third kappa shape index (κ3) is 3.86. The summed E-state index contributed by atoms with van der Waals surface area (Å²) in [5.41, 5.74) is 1.24. The van der Waals surface area contributed by atoms with Crippen LogP contribution in [-0.2, 0) is 9.53 Å². The molecule has 0 amide bonds. The maximum Gasteiger partial charge on any atom is 0.363 e. The number of nitrogens with zero attached hydrogens (tertiary/aromatic N) is 1. The van der Waals surface area contributed by atoms with Crippen molar-refractivity contribution in [1.29, 1.82) is 0 Å². The van der Waals surface area contributed by atoms with E-state index in [1.807, 2.05) is 0 Å². The van der Waals surface area contributed by atoms with E-state index < -0.39 is 5.97 Å². The third-order valence-corrected chi connectivity index (χ3v) is 4.55.